The van der Waals surface area contributed by atoms with Gasteiger partial charge in [-0.05, 0) is 54.4 Å². The van der Waals surface area contributed by atoms with Crippen molar-refractivity contribution in [2.75, 3.05) is 13.1 Å². The summed E-state index contributed by atoms with van der Waals surface area (Å²) >= 11 is 0. The largest absolute Gasteiger partial charge is 0.449 e. The fourth-order valence-electron chi connectivity index (χ4n) is 8.68. The molecule has 0 atom stereocenters. The number of amides is 2. The summed E-state index contributed by atoms with van der Waals surface area (Å²) in [6.07, 6.45) is -4.83. The van der Waals surface area contributed by atoms with E-state index in [4.69, 9.17) is 0 Å². The van der Waals surface area contributed by atoms with E-state index in [-0.39, 0.29) is 85.9 Å². The van der Waals surface area contributed by atoms with Gasteiger partial charge in [-0.25, -0.2) is 32.7 Å². The third kappa shape index (κ3) is 9.72. The Bertz CT molecular complexity index is 3570. The molecular weight excluding hydrogens is 942 g/mol. The molecule has 0 unspecified atom stereocenters. The van der Waals surface area contributed by atoms with Crippen molar-refractivity contribution in [1.82, 2.24) is 54.5 Å². The van der Waals surface area contributed by atoms with Gasteiger partial charge in [0.15, 0.2) is 11.5 Å². The van der Waals surface area contributed by atoms with E-state index in [0.29, 0.717) is 49.9 Å². The molecule has 0 aliphatic carbocycles. The van der Waals surface area contributed by atoms with Gasteiger partial charge in [0.05, 0.1) is 58.5 Å². The van der Waals surface area contributed by atoms with Gasteiger partial charge in [-0.3, -0.25) is 19.2 Å². The van der Waals surface area contributed by atoms with Crippen LogP contribution < -0.4 is 11.1 Å². The lowest BCUT2D eigenvalue weighted by atomic mass is 10.0. The zero-order valence-electron chi connectivity index (χ0n) is 37.2. The van der Waals surface area contributed by atoms with Gasteiger partial charge in [0.2, 0.25) is 5.82 Å². The van der Waals surface area contributed by atoms with Crippen LogP contribution in [-0.4, -0.2) is 85.3 Å². The Morgan fingerprint density at radius 3 is 1.66 bits per heavy atom. The van der Waals surface area contributed by atoms with Gasteiger partial charge >= 0.3 is 6.18 Å². The molecule has 362 valence electrons. The van der Waals surface area contributed by atoms with Gasteiger partial charge in [-0.1, -0.05) is 48.5 Å². The number of aromatic nitrogens is 9. The standard InChI is InChI=1S/C24H16F4N6O2.C24H21F3N6O2/c25-17-6-5-13(10-18-14-3-1-2-4-15(14)21(35)32-31-18)9-16(17)22(36)33-7-8-34-20(12-33)19(11-29)30-23(34)24(26,27)28;1-24(26,27)12-20-29-30-21-13-32(8-9-33(20)21)23(35)17-10-14(6-7-18(17)25)11-19-15-4-2-3-5-16(15)22(34)31-28-19/h1-6,9H,7-8,10,12H2,(H,32,35);2-7,10H,8-9,11-13H2,1H3,(H,31,34). The number of aromatic amines is 2. The second-order valence-corrected chi connectivity index (χ2v) is 16.9. The molecule has 2 aliphatic rings. The third-order valence-corrected chi connectivity index (χ3v) is 12.1. The molecule has 0 saturated carbocycles. The van der Waals surface area contributed by atoms with Crippen LogP contribution in [0.25, 0.3) is 21.5 Å². The van der Waals surface area contributed by atoms with Crippen molar-refractivity contribution in [3.63, 3.8) is 0 Å². The Kier molecular flexibility index (Phi) is 12.5. The molecule has 8 aromatic rings. The first-order valence-corrected chi connectivity index (χ1v) is 21.8. The van der Waals surface area contributed by atoms with Gasteiger partial charge < -0.3 is 18.9 Å². The van der Waals surface area contributed by atoms with E-state index in [1.54, 1.807) is 65.2 Å². The number of nitriles is 1. The van der Waals surface area contributed by atoms with E-state index in [2.05, 4.69) is 35.6 Å². The second kappa shape index (κ2) is 18.7. The third-order valence-electron chi connectivity index (χ3n) is 12.1. The normalized spacial score (nSPS) is 13.6. The maximum Gasteiger partial charge on any atom is 0.449 e. The second-order valence-electron chi connectivity index (χ2n) is 16.9. The molecule has 23 heteroatoms. The SMILES string of the molecule is CC(F)(F)Cc1nnc2n1CCN(C(=O)c1cc(Cc3n[nH]c(=O)c4ccccc34)ccc1F)C2.N#Cc1nc(C(F)(F)F)n2c1CN(C(=O)c1cc(Cc3n[nH]c(=O)c4ccccc34)ccc1F)CC2. The minimum atomic E-state index is -4.75. The Hall–Kier alpha value is -8.55. The number of alkyl halides is 5. The zero-order valence-corrected chi connectivity index (χ0v) is 37.2. The molecule has 16 nitrogen and oxygen atoms in total. The highest BCUT2D eigenvalue weighted by molar-refractivity contribution is 5.95. The number of fused-ring (bicyclic) bond motifs is 4. The maximum atomic E-state index is 14.7. The van der Waals surface area contributed by atoms with Gasteiger partial charge in [-0.15, -0.1) is 10.2 Å². The van der Waals surface area contributed by atoms with Gasteiger partial charge in [0.1, 0.15) is 23.5 Å². The Labute approximate surface area is 396 Å². The Balaban J connectivity index is 0.000000176. The van der Waals surface area contributed by atoms with Crippen LogP contribution >= 0.6 is 0 Å². The molecule has 10 rings (SSSR count). The molecule has 0 saturated heterocycles. The number of benzene rings is 4. The average Bonchev–Trinajstić information content (AvgIpc) is 3.94. The molecule has 71 heavy (non-hydrogen) atoms. The number of imidazole rings is 1. The minimum Gasteiger partial charge on any atom is -0.331 e. The lowest BCUT2D eigenvalue weighted by Gasteiger charge is -2.29. The van der Waals surface area contributed by atoms with Crippen LogP contribution in [0.15, 0.2) is 94.5 Å². The quantitative estimate of drug-likeness (QED) is 0.158. The van der Waals surface area contributed by atoms with E-state index in [0.717, 1.165) is 17.6 Å². The molecule has 0 fully saturated rings. The van der Waals surface area contributed by atoms with Crippen molar-refractivity contribution >= 4 is 33.4 Å². The number of nitrogens with zero attached hydrogens (tertiary/aromatic N) is 10. The molecule has 2 N–H and O–H groups in total. The number of nitrogens with one attached hydrogen (secondary N) is 2. The highest BCUT2D eigenvalue weighted by Crippen LogP contribution is 2.33. The number of carbonyl (C=O) groups excluding carboxylic acids is 2. The first kappa shape index (κ1) is 47.5. The average molecular weight is 979 g/mol. The van der Waals surface area contributed by atoms with Crippen molar-refractivity contribution in [2.24, 2.45) is 0 Å². The summed E-state index contributed by atoms with van der Waals surface area (Å²) in [6.45, 7) is 0.632. The zero-order chi connectivity index (χ0) is 50.4. The summed E-state index contributed by atoms with van der Waals surface area (Å²) in [4.78, 5) is 56.4. The number of hydrogen-bond donors (Lipinski definition) is 2. The highest BCUT2D eigenvalue weighted by Gasteiger charge is 2.41. The summed E-state index contributed by atoms with van der Waals surface area (Å²) in [6, 6.07) is 23.8. The predicted molar refractivity (Wildman–Crippen MR) is 239 cm³/mol. The number of rotatable bonds is 8. The fraction of sp³-hybridized carbons (Fsp3) is 0.250. The van der Waals surface area contributed by atoms with E-state index in [1.165, 1.54) is 34.1 Å². The van der Waals surface area contributed by atoms with E-state index in [1.807, 2.05) is 0 Å². The van der Waals surface area contributed by atoms with Crippen LogP contribution in [-0.2, 0) is 51.6 Å². The molecule has 0 bridgehead atoms. The van der Waals surface area contributed by atoms with Crippen LogP contribution in [0, 0.1) is 23.0 Å². The van der Waals surface area contributed by atoms with E-state index >= 15 is 0 Å². The van der Waals surface area contributed by atoms with Crippen LogP contribution in [0.2, 0.25) is 0 Å². The van der Waals surface area contributed by atoms with Gasteiger partial charge in [0, 0.05) is 49.8 Å². The summed E-state index contributed by atoms with van der Waals surface area (Å²) in [5.41, 5.74) is 0.813. The lowest BCUT2D eigenvalue weighted by molar-refractivity contribution is -0.147. The number of carbonyl (C=O) groups is 2. The lowest BCUT2D eigenvalue weighted by Crippen LogP contribution is -2.39. The number of hydrogen-bond acceptors (Lipinski definition) is 10. The molecule has 4 aromatic heterocycles. The fourth-order valence-corrected chi connectivity index (χ4v) is 8.68. The van der Waals surface area contributed by atoms with E-state index in [9.17, 15) is 55.2 Å². The monoisotopic (exact) mass is 978 g/mol. The smallest absolute Gasteiger partial charge is 0.331 e. The summed E-state index contributed by atoms with van der Waals surface area (Å²) in [5.74, 6) is -6.30. The summed E-state index contributed by atoms with van der Waals surface area (Å²) in [7, 11) is 0. The summed E-state index contributed by atoms with van der Waals surface area (Å²) in [5, 5.41) is 32.4. The van der Waals surface area contributed by atoms with Crippen LogP contribution in [0.4, 0.5) is 30.7 Å². The number of H-pyrrole nitrogens is 2. The molecule has 2 aliphatic heterocycles. The van der Waals surface area contributed by atoms with Crippen molar-refractivity contribution < 1.29 is 40.3 Å². The summed E-state index contributed by atoms with van der Waals surface area (Å²) < 4.78 is 98.5. The van der Waals surface area contributed by atoms with Crippen LogP contribution in [0.5, 0.6) is 0 Å². The molecule has 2 amide bonds. The Morgan fingerprint density at radius 1 is 0.676 bits per heavy atom. The van der Waals surface area contributed by atoms with Crippen molar-refractivity contribution in [2.45, 2.75) is 64.5 Å². The highest BCUT2D eigenvalue weighted by atomic mass is 19.4. The van der Waals surface area contributed by atoms with Crippen molar-refractivity contribution in [3.8, 4) is 6.07 Å². The van der Waals surface area contributed by atoms with Gasteiger partial charge in [-0.2, -0.15) is 28.6 Å². The topological polar surface area (TPSA) is 204 Å². The molecule has 0 radical (unpaired) electrons. The molecule has 4 aromatic carbocycles. The van der Waals surface area contributed by atoms with Crippen LogP contribution in [0.1, 0.15) is 79.0 Å². The molecule has 0 spiro atoms. The van der Waals surface area contributed by atoms with Crippen molar-refractivity contribution in [3.05, 3.63) is 180 Å². The van der Waals surface area contributed by atoms with E-state index < -0.39 is 53.5 Å². The Morgan fingerprint density at radius 2 is 1.17 bits per heavy atom. The van der Waals surface area contributed by atoms with Gasteiger partial charge in [0.25, 0.3) is 28.9 Å². The minimum absolute atomic E-state index is 0.0386. The van der Waals surface area contributed by atoms with Crippen LogP contribution in [0.3, 0.4) is 0 Å². The molecule has 6 heterocycles. The first-order valence-electron chi connectivity index (χ1n) is 21.8. The predicted octanol–water partition coefficient (Wildman–Crippen LogP) is 6.49. The first-order chi connectivity index (χ1) is 33.9. The molecular formula is C48H37F7N12O4. The number of halogens is 7. The van der Waals surface area contributed by atoms with Crippen molar-refractivity contribution in [1.29, 1.82) is 5.26 Å². The maximum absolute atomic E-state index is 14.7.